The van der Waals surface area contributed by atoms with E-state index >= 15 is 0 Å². The molecule has 0 fully saturated rings. The number of nitrogens with one attached hydrogen (secondary N) is 1. The Balaban J connectivity index is 2.82. The topological polar surface area (TPSA) is 86.7 Å². The van der Waals surface area contributed by atoms with Crippen LogP contribution in [0.3, 0.4) is 0 Å². The highest BCUT2D eigenvalue weighted by Gasteiger charge is 2.25. The molecule has 0 aromatic heterocycles. The van der Waals surface area contributed by atoms with Crippen molar-refractivity contribution < 1.29 is 19.5 Å². The van der Waals surface area contributed by atoms with Crippen molar-refractivity contribution >= 4 is 41.0 Å². The van der Waals surface area contributed by atoms with E-state index in [9.17, 15) is 14.4 Å². The Hall–Kier alpha value is -1.79. The number of nitrogens with zero attached hydrogens (tertiary/aromatic N) is 1. The molecule has 1 aromatic carbocycles. The van der Waals surface area contributed by atoms with E-state index in [0.29, 0.717) is 15.6 Å². The number of halogens is 2. The molecule has 0 bridgehead atoms. The lowest BCUT2D eigenvalue weighted by molar-refractivity contribution is -0.149. The Morgan fingerprint density at radius 3 is 2.43 bits per heavy atom. The maximum Gasteiger partial charge on any atom is 0.326 e. The lowest BCUT2D eigenvalue weighted by Crippen LogP contribution is -2.47. The van der Waals surface area contributed by atoms with Crippen molar-refractivity contribution in [2.45, 2.75) is 26.3 Å². The number of carboxylic acid groups (broad SMARTS) is 1. The smallest absolute Gasteiger partial charge is 0.326 e. The van der Waals surface area contributed by atoms with Crippen LogP contribution in [-0.4, -0.2) is 46.9 Å². The zero-order chi connectivity index (χ0) is 17.6. The van der Waals surface area contributed by atoms with Crippen LogP contribution in [0.2, 0.25) is 10.0 Å². The molecule has 126 valence electrons. The summed E-state index contributed by atoms with van der Waals surface area (Å²) in [5, 5.41) is 12.4. The van der Waals surface area contributed by atoms with E-state index in [1.54, 1.807) is 18.2 Å². The van der Waals surface area contributed by atoms with Crippen molar-refractivity contribution in [3.63, 3.8) is 0 Å². The van der Waals surface area contributed by atoms with Gasteiger partial charge < -0.3 is 15.3 Å². The largest absolute Gasteiger partial charge is 0.480 e. The summed E-state index contributed by atoms with van der Waals surface area (Å²) < 4.78 is 0. The molecule has 0 heterocycles. The molecule has 0 saturated carbocycles. The number of hydrogen-bond donors (Lipinski definition) is 2. The van der Waals surface area contributed by atoms with Gasteiger partial charge in [0.15, 0.2) is 0 Å². The maximum absolute atomic E-state index is 12.4. The molecule has 0 aliphatic heterocycles. The number of carbonyl (C=O) groups is 3. The van der Waals surface area contributed by atoms with Gasteiger partial charge in [0.05, 0.1) is 16.5 Å². The third-order valence-corrected chi connectivity index (χ3v) is 3.95. The quantitative estimate of drug-likeness (QED) is 0.778. The summed E-state index contributed by atoms with van der Waals surface area (Å²) in [5.41, 5.74) is 0.631. The zero-order valence-corrected chi connectivity index (χ0v) is 14.3. The average molecular weight is 361 g/mol. The minimum absolute atomic E-state index is 0.00538. The molecular formula is C15H18Cl2N2O4. The molecule has 0 saturated heterocycles. The van der Waals surface area contributed by atoms with Crippen molar-refractivity contribution in [2.24, 2.45) is 0 Å². The van der Waals surface area contributed by atoms with E-state index < -0.39 is 12.0 Å². The predicted molar refractivity (Wildman–Crippen MR) is 87.7 cm³/mol. The molecule has 1 aromatic rings. The molecule has 0 aliphatic carbocycles. The Morgan fingerprint density at radius 1 is 1.26 bits per heavy atom. The fourth-order valence-corrected chi connectivity index (χ4v) is 2.27. The van der Waals surface area contributed by atoms with Crippen molar-refractivity contribution in [3.8, 4) is 0 Å². The second kappa shape index (κ2) is 8.74. The first-order chi connectivity index (χ1) is 10.7. The molecule has 2 N–H and O–H groups in total. The maximum atomic E-state index is 12.4. The number of carboxylic acids is 1. The molecule has 0 spiro atoms. The molecule has 6 nitrogen and oxygen atoms in total. The number of hydrogen-bond acceptors (Lipinski definition) is 3. The van der Waals surface area contributed by atoms with Crippen molar-refractivity contribution in [1.29, 1.82) is 0 Å². The van der Waals surface area contributed by atoms with Crippen LogP contribution in [0.4, 0.5) is 0 Å². The first-order valence-corrected chi connectivity index (χ1v) is 7.68. The van der Waals surface area contributed by atoms with Crippen LogP contribution >= 0.6 is 23.2 Å². The number of carbonyl (C=O) groups excluding carboxylic acids is 2. The van der Waals surface area contributed by atoms with Gasteiger partial charge in [0.25, 0.3) is 0 Å². The number of amides is 2. The average Bonchev–Trinajstić information content (AvgIpc) is 2.46. The summed E-state index contributed by atoms with van der Waals surface area (Å²) in [6.07, 6.45) is -0.00538. The van der Waals surface area contributed by atoms with Gasteiger partial charge in [-0.05, 0) is 24.6 Å². The number of aliphatic carboxylic acids is 1. The van der Waals surface area contributed by atoms with E-state index in [4.69, 9.17) is 28.3 Å². The minimum atomic E-state index is -1.12. The SMILES string of the molecule is CC(=O)NCCN(C(=O)Cc1ccc(Cl)c(Cl)c1)C(C)C(=O)O. The van der Waals surface area contributed by atoms with E-state index in [-0.39, 0.29) is 31.3 Å². The highest BCUT2D eigenvalue weighted by atomic mass is 35.5. The molecule has 8 heteroatoms. The fourth-order valence-electron chi connectivity index (χ4n) is 1.95. The van der Waals surface area contributed by atoms with Gasteiger partial charge >= 0.3 is 5.97 Å². The Bertz CT molecular complexity index is 607. The standard InChI is InChI=1S/C15H18Cl2N2O4/c1-9(15(22)23)19(6-5-18-10(2)20)14(21)8-11-3-4-12(16)13(17)7-11/h3-4,7,9H,5-6,8H2,1-2H3,(H,18,20)(H,22,23). The van der Waals surface area contributed by atoms with Gasteiger partial charge in [-0.1, -0.05) is 29.3 Å². The van der Waals surface area contributed by atoms with Gasteiger partial charge in [0, 0.05) is 20.0 Å². The first-order valence-electron chi connectivity index (χ1n) is 6.93. The Morgan fingerprint density at radius 2 is 1.91 bits per heavy atom. The molecule has 1 rings (SSSR count). The summed E-state index contributed by atoms with van der Waals surface area (Å²) in [6, 6.07) is 3.80. The Labute approximate surface area is 144 Å². The molecular weight excluding hydrogens is 343 g/mol. The summed E-state index contributed by atoms with van der Waals surface area (Å²) in [4.78, 5) is 35.7. The summed E-state index contributed by atoms with van der Waals surface area (Å²) in [6.45, 7) is 3.05. The van der Waals surface area contributed by atoms with E-state index in [1.807, 2.05) is 0 Å². The second-order valence-electron chi connectivity index (χ2n) is 5.01. The fraction of sp³-hybridized carbons (Fsp3) is 0.400. The van der Waals surface area contributed by atoms with Gasteiger partial charge in [0.1, 0.15) is 6.04 Å². The second-order valence-corrected chi connectivity index (χ2v) is 5.82. The monoisotopic (exact) mass is 360 g/mol. The molecule has 1 unspecified atom stereocenters. The van der Waals surface area contributed by atoms with Gasteiger partial charge in [-0.25, -0.2) is 4.79 Å². The normalized spacial score (nSPS) is 11.7. The van der Waals surface area contributed by atoms with Gasteiger partial charge in [-0.2, -0.15) is 0 Å². The predicted octanol–water partition coefficient (Wildman–Crippen LogP) is 1.97. The number of benzene rings is 1. The lowest BCUT2D eigenvalue weighted by atomic mass is 10.1. The highest BCUT2D eigenvalue weighted by Crippen LogP contribution is 2.23. The van der Waals surface area contributed by atoms with Crippen LogP contribution < -0.4 is 5.32 Å². The minimum Gasteiger partial charge on any atom is -0.480 e. The van der Waals surface area contributed by atoms with Gasteiger partial charge in [0.2, 0.25) is 11.8 Å². The van der Waals surface area contributed by atoms with Gasteiger partial charge in [-0.3, -0.25) is 9.59 Å². The first kappa shape index (κ1) is 19.3. The lowest BCUT2D eigenvalue weighted by Gasteiger charge is -2.26. The van der Waals surface area contributed by atoms with E-state index in [1.165, 1.54) is 18.7 Å². The molecule has 2 amide bonds. The zero-order valence-electron chi connectivity index (χ0n) is 12.8. The number of rotatable bonds is 7. The van der Waals surface area contributed by atoms with Crippen LogP contribution in [0.5, 0.6) is 0 Å². The van der Waals surface area contributed by atoms with Gasteiger partial charge in [-0.15, -0.1) is 0 Å². The molecule has 0 aliphatic rings. The molecule has 0 radical (unpaired) electrons. The van der Waals surface area contributed by atoms with Crippen LogP contribution in [0.15, 0.2) is 18.2 Å². The van der Waals surface area contributed by atoms with Crippen molar-refractivity contribution in [2.75, 3.05) is 13.1 Å². The van der Waals surface area contributed by atoms with E-state index in [0.717, 1.165) is 0 Å². The Kier molecular flexibility index (Phi) is 7.32. The summed E-state index contributed by atoms with van der Waals surface area (Å²) in [5.74, 6) is -1.73. The summed E-state index contributed by atoms with van der Waals surface area (Å²) in [7, 11) is 0. The third-order valence-electron chi connectivity index (χ3n) is 3.21. The van der Waals surface area contributed by atoms with E-state index in [2.05, 4.69) is 5.32 Å². The van der Waals surface area contributed by atoms with Crippen molar-refractivity contribution in [1.82, 2.24) is 10.2 Å². The van der Waals surface area contributed by atoms with Crippen molar-refractivity contribution in [3.05, 3.63) is 33.8 Å². The highest BCUT2D eigenvalue weighted by molar-refractivity contribution is 6.42. The van der Waals surface area contributed by atoms with Crippen LogP contribution in [0.1, 0.15) is 19.4 Å². The molecule has 23 heavy (non-hydrogen) atoms. The third kappa shape index (κ3) is 6.08. The van der Waals surface area contributed by atoms with Crippen LogP contribution in [0, 0.1) is 0 Å². The van der Waals surface area contributed by atoms with Crippen LogP contribution in [-0.2, 0) is 20.8 Å². The van der Waals surface area contributed by atoms with Crippen LogP contribution in [0.25, 0.3) is 0 Å². The molecule has 1 atom stereocenters. The summed E-state index contributed by atoms with van der Waals surface area (Å²) >= 11 is 11.7.